The molecular formula is C21H31N3O3. The summed E-state index contributed by atoms with van der Waals surface area (Å²) in [5.74, 6) is 1.49. The lowest BCUT2D eigenvalue weighted by Crippen LogP contribution is -2.56. The van der Waals surface area contributed by atoms with Gasteiger partial charge in [-0.3, -0.25) is 9.59 Å². The fourth-order valence-electron chi connectivity index (χ4n) is 3.71. The van der Waals surface area contributed by atoms with Gasteiger partial charge in [0.1, 0.15) is 5.75 Å². The summed E-state index contributed by atoms with van der Waals surface area (Å²) in [6, 6.07) is 7.84. The van der Waals surface area contributed by atoms with Crippen LogP contribution in [0.1, 0.15) is 26.3 Å². The molecule has 0 aliphatic carbocycles. The summed E-state index contributed by atoms with van der Waals surface area (Å²) in [4.78, 5) is 29.1. The predicted octanol–water partition coefficient (Wildman–Crippen LogP) is 1.54. The number of hydrogen-bond acceptors (Lipinski definition) is 4. The average molecular weight is 373 g/mol. The molecule has 2 amide bonds. The summed E-state index contributed by atoms with van der Waals surface area (Å²) in [6.45, 7) is 10.1. The first-order valence-electron chi connectivity index (χ1n) is 10.0. The van der Waals surface area contributed by atoms with Crippen LogP contribution in [0.4, 0.5) is 0 Å². The standard InChI is InChI=1S/C21H31N3O3/c1-4-17-7-5-6-8-19(17)27-16(3)21(26)24-11-9-23(10-12-24)20(25)15(2)18-13-22-14-18/h5-8,15-16,18,22H,4,9-14H2,1-3H3. The Bertz CT molecular complexity index is 666. The van der Waals surface area contributed by atoms with Crippen LogP contribution in [-0.4, -0.2) is 67.0 Å². The number of rotatable bonds is 6. The summed E-state index contributed by atoms with van der Waals surface area (Å²) in [5, 5.41) is 3.22. The Kier molecular flexibility index (Phi) is 6.37. The maximum absolute atomic E-state index is 12.8. The van der Waals surface area contributed by atoms with Crippen molar-refractivity contribution in [1.29, 1.82) is 0 Å². The van der Waals surface area contributed by atoms with Crippen LogP contribution >= 0.6 is 0 Å². The van der Waals surface area contributed by atoms with Gasteiger partial charge in [-0.05, 0) is 44.0 Å². The van der Waals surface area contributed by atoms with Crippen molar-refractivity contribution in [2.45, 2.75) is 33.3 Å². The van der Waals surface area contributed by atoms with Gasteiger partial charge in [0.2, 0.25) is 5.91 Å². The van der Waals surface area contributed by atoms with Crippen molar-refractivity contribution >= 4 is 11.8 Å². The van der Waals surface area contributed by atoms with Crippen molar-refractivity contribution < 1.29 is 14.3 Å². The molecule has 6 nitrogen and oxygen atoms in total. The van der Waals surface area contributed by atoms with Crippen LogP contribution in [0, 0.1) is 11.8 Å². The van der Waals surface area contributed by atoms with Crippen LogP contribution in [0.3, 0.4) is 0 Å². The largest absolute Gasteiger partial charge is 0.481 e. The second-order valence-corrected chi connectivity index (χ2v) is 7.58. The molecule has 27 heavy (non-hydrogen) atoms. The number of para-hydroxylation sites is 1. The van der Waals surface area contributed by atoms with Crippen molar-refractivity contribution in [3.05, 3.63) is 29.8 Å². The van der Waals surface area contributed by atoms with E-state index < -0.39 is 6.10 Å². The predicted molar refractivity (Wildman–Crippen MR) is 105 cm³/mol. The number of carbonyl (C=O) groups is 2. The van der Waals surface area contributed by atoms with E-state index in [2.05, 4.69) is 12.2 Å². The number of nitrogens with one attached hydrogen (secondary N) is 1. The zero-order valence-corrected chi connectivity index (χ0v) is 16.6. The Morgan fingerprint density at radius 1 is 1.07 bits per heavy atom. The number of piperazine rings is 1. The maximum atomic E-state index is 12.8. The fourth-order valence-corrected chi connectivity index (χ4v) is 3.71. The Morgan fingerprint density at radius 3 is 2.22 bits per heavy atom. The Hall–Kier alpha value is -2.08. The average Bonchev–Trinajstić information content (AvgIpc) is 2.66. The second-order valence-electron chi connectivity index (χ2n) is 7.58. The van der Waals surface area contributed by atoms with E-state index in [1.165, 1.54) is 0 Å². The molecule has 2 aliphatic rings. The number of benzene rings is 1. The number of nitrogens with zero attached hydrogens (tertiary/aromatic N) is 2. The first-order chi connectivity index (χ1) is 13.0. The van der Waals surface area contributed by atoms with E-state index in [-0.39, 0.29) is 17.7 Å². The Balaban J connectivity index is 1.51. The van der Waals surface area contributed by atoms with E-state index >= 15 is 0 Å². The number of hydrogen-bond donors (Lipinski definition) is 1. The number of carbonyl (C=O) groups excluding carboxylic acids is 2. The van der Waals surface area contributed by atoms with Crippen LogP contribution in [0.15, 0.2) is 24.3 Å². The minimum absolute atomic E-state index is 0.00996. The molecule has 2 atom stereocenters. The molecular weight excluding hydrogens is 342 g/mol. The molecule has 2 saturated heterocycles. The molecule has 6 heteroatoms. The highest BCUT2D eigenvalue weighted by atomic mass is 16.5. The molecule has 0 spiro atoms. The smallest absolute Gasteiger partial charge is 0.263 e. The van der Waals surface area contributed by atoms with E-state index in [0.717, 1.165) is 30.8 Å². The minimum atomic E-state index is -0.528. The Labute approximate surface area is 161 Å². The molecule has 0 aromatic heterocycles. The van der Waals surface area contributed by atoms with E-state index in [0.29, 0.717) is 32.1 Å². The van der Waals surface area contributed by atoms with Crippen LogP contribution in [-0.2, 0) is 16.0 Å². The van der Waals surface area contributed by atoms with Gasteiger partial charge in [0.25, 0.3) is 5.91 Å². The lowest BCUT2D eigenvalue weighted by atomic mass is 9.88. The van der Waals surface area contributed by atoms with Crippen molar-refractivity contribution in [2.75, 3.05) is 39.3 Å². The third-order valence-electron chi connectivity index (χ3n) is 5.82. The normalized spacial score (nSPS) is 20.0. The summed E-state index contributed by atoms with van der Waals surface area (Å²) in [5.41, 5.74) is 1.10. The molecule has 2 fully saturated rings. The van der Waals surface area contributed by atoms with Crippen LogP contribution in [0.2, 0.25) is 0 Å². The topological polar surface area (TPSA) is 61.9 Å². The first-order valence-corrected chi connectivity index (χ1v) is 10.0. The highest BCUT2D eigenvalue weighted by Crippen LogP contribution is 2.22. The third-order valence-corrected chi connectivity index (χ3v) is 5.82. The molecule has 0 bridgehead atoms. The zero-order chi connectivity index (χ0) is 19.4. The zero-order valence-electron chi connectivity index (χ0n) is 16.6. The first kappa shape index (κ1) is 19.7. The molecule has 2 unspecified atom stereocenters. The van der Waals surface area contributed by atoms with Gasteiger partial charge in [-0.15, -0.1) is 0 Å². The van der Waals surface area contributed by atoms with E-state index in [9.17, 15) is 9.59 Å². The van der Waals surface area contributed by atoms with Crippen molar-refractivity contribution in [1.82, 2.24) is 15.1 Å². The molecule has 2 aliphatic heterocycles. The van der Waals surface area contributed by atoms with E-state index in [4.69, 9.17) is 4.74 Å². The lowest BCUT2D eigenvalue weighted by molar-refractivity contribution is -0.146. The van der Waals surface area contributed by atoms with Gasteiger partial charge in [0.15, 0.2) is 6.10 Å². The quantitative estimate of drug-likeness (QED) is 0.822. The van der Waals surface area contributed by atoms with Gasteiger partial charge >= 0.3 is 0 Å². The van der Waals surface area contributed by atoms with Gasteiger partial charge in [-0.25, -0.2) is 0 Å². The summed E-state index contributed by atoms with van der Waals surface area (Å²) >= 11 is 0. The van der Waals surface area contributed by atoms with Gasteiger partial charge in [0.05, 0.1) is 0 Å². The number of amides is 2. The molecule has 0 saturated carbocycles. The monoisotopic (exact) mass is 373 g/mol. The molecule has 1 aromatic rings. The van der Waals surface area contributed by atoms with Gasteiger partial charge < -0.3 is 19.9 Å². The van der Waals surface area contributed by atoms with Crippen molar-refractivity contribution in [3.63, 3.8) is 0 Å². The summed E-state index contributed by atoms with van der Waals surface area (Å²) in [6.07, 6.45) is 0.340. The maximum Gasteiger partial charge on any atom is 0.263 e. The van der Waals surface area contributed by atoms with Crippen LogP contribution < -0.4 is 10.1 Å². The van der Waals surface area contributed by atoms with E-state index in [1.807, 2.05) is 41.0 Å². The van der Waals surface area contributed by atoms with Crippen LogP contribution in [0.5, 0.6) is 5.75 Å². The highest BCUT2D eigenvalue weighted by Gasteiger charge is 2.34. The SMILES string of the molecule is CCc1ccccc1OC(C)C(=O)N1CCN(C(=O)C(C)C2CNC2)CC1. The number of aryl methyl sites for hydroxylation is 1. The summed E-state index contributed by atoms with van der Waals surface area (Å²) in [7, 11) is 0. The molecule has 3 rings (SSSR count). The van der Waals surface area contributed by atoms with Crippen molar-refractivity contribution in [2.24, 2.45) is 11.8 Å². The fraction of sp³-hybridized carbons (Fsp3) is 0.619. The van der Waals surface area contributed by atoms with Crippen LogP contribution in [0.25, 0.3) is 0 Å². The molecule has 0 radical (unpaired) electrons. The Morgan fingerprint density at radius 2 is 1.67 bits per heavy atom. The van der Waals surface area contributed by atoms with Gasteiger partial charge in [-0.1, -0.05) is 32.0 Å². The van der Waals surface area contributed by atoms with Gasteiger partial charge in [0, 0.05) is 32.1 Å². The summed E-state index contributed by atoms with van der Waals surface area (Å²) < 4.78 is 5.94. The number of ether oxygens (including phenoxy) is 1. The molecule has 2 heterocycles. The molecule has 148 valence electrons. The third kappa shape index (κ3) is 4.43. The van der Waals surface area contributed by atoms with E-state index in [1.54, 1.807) is 6.92 Å². The van der Waals surface area contributed by atoms with Gasteiger partial charge in [-0.2, -0.15) is 0 Å². The molecule has 1 aromatic carbocycles. The lowest BCUT2D eigenvalue weighted by Gasteiger charge is -2.39. The minimum Gasteiger partial charge on any atom is -0.481 e. The molecule has 1 N–H and O–H groups in total. The van der Waals surface area contributed by atoms with Crippen molar-refractivity contribution in [3.8, 4) is 5.75 Å². The second kappa shape index (κ2) is 8.74. The highest BCUT2D eigenvalue weighted by molar-refractivity contribution is 5.82.